The average molecular weight is 602 g/mol. The Kier molecular flexibility index (Phi) is 7.57. The molecule has 0 spiro atoms. The van der Waals surface area contributed by atoms with Crippen LogP contribution in [0.3, 0.4) is 0 Å². The van der Waals surface area contributed by atoms with E-state index in [1.165, 1.54) is 33.6 Å². The van der Waals surface area contributed by atoms with E-state index in [1.54, 1.807) is 62.4 Å². The van der Waals surface area contributed by atoms with Gasteiger partial charge in [-0.05, 0) is 67.9 Å². The quantitative estimate of drug-likeness (QED) is 0.101. The van der Waals surface area contributed by atoms with E-state index in [4.69, 9.17) is 4.74 Å². The molecule has 0 aliphatic heterocycles. The summed E-state index contributed by atoms with van der Waals surface area (Å²) in [6.45, 7) is 3.55. The number of benzene rings is 4. The molecule has 0 saturated carbocycles. The summed E-state index contributed by atoms with van der Waals surface area (Å²) in [5, 5.41) is 17.3. The summed E-state index contributed by atoms with van der Waals surface area (Å²) in [5.41, 5.74) is 2.97. The molecule has 11 heteroatoms. The van der Waals surface area contributed by atoms with Gasteiger partial charge in [0.2, 0.25) is 0 Å². The zero-order chi connectivity index (χ0) is 31.7. The number of aromatic nitrogens is 4. The SMILES string of the molecule is Cc1[nH]n(-c2ccccc2)c(=O)c1C(c1cccc(OC(=O)c2ccc([N+](=O)[O-])cc2)c1)c1c(C)[nH]n(-c2ccccc2)c1=O. The van der Waals surface area contributed by atoms with E-state index < -0.39 is 16.8 Å². The van der Waals surface area contributed by atoms with Crippen molar-refractivity contribution in [2.24, 2.45) is 0 Å². The number of hydrogen-bond acceptors (Lipinski definition) is 6. The highest BCUT2D eigenvalue weighted by atomic mass is 16.6. The number of carbonyl (C=O) groups excluding carboxylic acids is 1. The highest BCUT2D eigenvalue weighted by molar-refractivity contribution is 5.91. The number of H-pyrrole nitrogens is 2. The Labute approximate surface area is 256 Å². The molecule has 2 heterocycles. The Balaban J connectivity index is 1.48. The number of carbonyl (C=O) groups is 1. The van der Waals surface area contributed by atoms with Crippen molar-refractivity contribution < 1.29 is 14.5 Å². The Hall–Kier alpha value is -6.23. The molecule has 0 atom stereocenters. The van der Waals surface area contributed by atoms with Crippen LogP contribution in [-0.2, 0) is 0 Å². The summed E-state index contributed by atoms with van der Waals surface area (Å²) in [4.78, 5) is 51.6. The topological polar surface area (TPSA) is 145 Å². The van der Waals surface area contributed by atoms with E-state index in [0.29, 0.717) is 39.5 Å². The first kappa shape index (κ1) is 28.9. The lowest BCUT2D eigenvalue weighted by molar-refractivity contribution is -0.384. The number of aromatic amines is 2. The number of aryl methyl sites for hydroxylation is 2. The third-order valence-corrected chi connectivity index (χ3v) is 7.56. The van der Waals surface area contributed by atoms with Crippen LogP contribution in [0, 0.1) is 24.0 Å². The molecule has 4 aromatic carbocycles. The third kappa shape index (κ3) is 5.50. The van der Waals surface area contributed by atoms with E-state index in [9.17, 15) is 24.5 Å². The standard InChI is InChI=1S/C34H27N5O6/c1-21-29(32(40)37(35-21)25-11-5-3-6-12-25)31(30-22(2)36-38(33(30)41)26-13-7-4-8-14-26)24-10-9-15-28(20-24)45-34(42)23-16-18-27(19-17-23)39(43)44/h3-20,31,35-36H,1-2H3. The van der Waals surface area contributed by atoms with Crippen LogP contribution in [0.25, 0.3) is 11.4 Å². The van der Waals surface area contributed by atoms with Crippen molar-refractivity contribution >= 4 is 11.7 Å². The molecule has 0 unspecified atom stereocenters. The van der Waals surface area contributed by atoms with Crippen molar-refractivity contribution in [2.75, 3.05) is 0 Å². The van der Waals surface area contributed by atoms with Crippen molar-refractivity contribution in [3.63, 3.8) is 0 Å². The van der Waals surface area contributed by atoms with E-state index in [2.05, 4.69) is 10.2 Å². The summed E-state index contributed by atoms with van der Waals surface area (Å²) in [5.74, 6) is -1.38. The first-order chi connectivity index (χ1) is 21.7. The summed E-state index contributed by atoms with van der Waals surface area (Å²) < 4.78 is 8.52. The number of non-ortho nitro benzene ring substituents is 1. The van der Waals surface area contributed by atoms with Crippen molar-refractivity contribution in [1.29, 1.82) is 0 Å². The van der Waals surface area contributed by atoms with Gasteiger partial charge in [-0.25, -0.2) is 14.2 Å². The van der Waals surface area contributed by atoms with Crippen LogP contribution in [0.4, 0.5) is 5.69 Å². The van der Waals surface area contributed by atoms with E-state index in [-0.39, 0.29) is 28.1 Å². The van der Waals surface area contributed by atoms with Crippen LogP contribution >= 0.6 is 0 Å². The smallest absolute Gasteiger partial charge is 0.343 e. The molecule has 6 aromatic rings. The number of para-hydroxylation sites is 2. The van der Waals surface area contributed by atoms with Crippen molar-refractivity contribution in [3.8, 4) is 17.1 Å². The first-order valence-electron chi connectivity index (χ1n) is 14.0. The Morgan fingerprint density at radius 3 is 1.73 bits per heavy atom. The molecule has 0 aliphatic rings. The monoisotopic (exact) mass is 601 g/mol. The molecule has 0 bridgehead atoms. The number of nitrogens with zero attached hydrogens (tertiary/aromatic N) is 3. The van der Waals surface area contributed by atoms with Gasteiger partial charge in [0.15, 0.2) is 0 Å². The van der Waals surface area contributed by atoms with Crippen LogP contribution in [0.15, 0.2) is 119 Å². The molecule has 45 heavy (non-hydrogen) atoms. The molecule has 224 valence electrons. The largest absolute Gasteiger partial charge is 0.423 e. The summed E-state index contributed by atoms with van der Waals surface area (Å²) >= 11 is 0. The van der Waals surface area contributed by atoms with E-state index in [1.807, 2.05) is 36.4 Å². The molecule has 0 fully saturated rings. The molecular formula is C34H27N5O6. The summed E-state index contributed by atoms with van der Waals surface area (Å²) in [6, 6.07) is 30.0. The van der Waals surface area contributed by atoms with Crippen LogP contribution in [0.2, 0.25) is 0 Å². The minimum atomic E-state index is -0.842. The Morgan fingerprint density at radius 1 is 0.733 bits per heavy atom. The zero-order valence-corrected chi connectivity index (χ0v) is 24.3. The highest BCUT2D eigenvalue weighted by Gasteiger charge is 2.31. The minimum absolute atomic E-state index is 0.127. The fourth-order valence-electron chi connectivity index (χ4n) is 5.44. The predicted octanol–water partition coefficient (Wildman–Crippen LogP) is 5.57. The normalized spacial score (nSPS) is 11.1. The van der Waals surface area contributed by atoms with Crippen LogP contribution < -0.4 is 15.9 Å². The molecule has 2 N–H and O–H groups in total. The van der Waals surface area contributed by atoms with Gasteiger partial charge in [-0.15, -0.1) is 0 Å². The van der Waals surface area contributed by atoms with Gasteiger partial charge in [-0.2, -0.15) is 0 Å². The fraction of sp³-hybridized carbons (Fsp3) is 0.0882. The van der Waals surface area contributed by atoms with Gasteiger partial charge in [0, 0.05) is 29.4 Å². The Bertz CT molecular complexity index is 2040. The summed E-state index contributed by atoms with van der Waals surface area (Å²) in [7, 11) is 0. The molecule has 2 aromatic heterocycles. The number of esters is 1. The Morgan fingerprint density at radius 2 is 1.24 bits per heavy atom. The van der Waals surface area contributed by atoms with E-state index >= 15 is 0 Å². The predicted molar refractivity (Wildman–Crippen MR) is 168 cm³/mol. The number of ether oxygens (including phenoxy) is 1. The first-order valence-corrected chi connectivity index (χ1v) is 14.0. The molecule has 11 nitrogen and oxygen atoms in total. The maximum atomic E-state index is 14.1. The fourth-order valence-corrected chi connectivity index (χ4v) is 5.44. The van der Waals surface area contributed by atoms with Gasteiger partial charge in [-0.3, -0.25) is 29.9 Å². The number of nitro benzene ring substituents is 1. The lowest BCUT2D eigenvalue weighted by Gasteiger charge is -2.17. The van der Waals surface area contributed by atoms with Gasteiger partial charge < -0.3 is 4.74 Å². The lowest BCUT2D eigenvalue weighted by atomic mass is 9.85. The molecule has 0 amide bonds. The van der Waals surface area contributed by atoms with Gasteiger partial charge >= 0.3 is 5.97 Å². The molecule has 0 saturated heterocycles. The zero-order valence-electron chi connectivity index (χ0n) is 24.3. The van der Waals surface area contributed by atoms with Gasteiger partial charge in [0.05, 0.1) is 33.0 Å². The lowest BCUT2D eigenvalue weighted by Crippen LogP contribution is -2.25. The van der Waals surface area contributed by atoms with Crippen LogP contribution in [-0.4, -0.2) is 30.5 Å². The second kappa shape index (κ2) is 11.8. The van der Waals surface area contributed by atoms with Gasteiger partial charge in [0.25, 0.3) is 16.8 Å². The maximum Gasteiger partial charge on any atom is 0.343 e. The van der Waals surface area contributed by atoms with Crippen molar-refractivity contribution in [3.05, 3.63) is 174 Å². The third-order valence-electron chi connectivity index (χ3n) is 7.56. The second-order valence-corrected chi connectivity index (χ2v) is 10.5. The number of rotatable bonds is 8. The van der Waals surface area contributed by atoms with Crippen molar-refractivity contribution in [2.45, 2.75) is 19.8 Å². The number of hydrogen-bond donors (Lipinski definition) is 2. The van der Waals surface area contributed by atoms with E-state index in [0.717, 1.165) is 0 Å². The van der Waals surface area contributed by atoms with Crippen LogP contribution in [0.5, 0.6) is 5.75 Å². The molecule has 6 rings (SSSR count). The molecular weight excluding hydrogens is 574 g/mol. The second-order valence-electron chi connectivity index (χ2n) is 10.5. The highest BCUT2D eigenvalue weighted by Crippen LogP contribution is 2.34. The molecule has 0 aliphatic carbocycles. The maximum absolute atomic E-state index is 14.1. The minimum Gasteiger partial charge on any atom is -0.423 e. The van der Waals surface area contributed by atoms with Crippen LogP contribution in [0.1, 0.15) is 44.4 Å². The van der Waals surface area contributed by atoms with Gasteiger partial charge in [-0.1, -0.05) is 48.5 Å². The average Bonchev–Trinajstić information content (AvgIpc) is 3.52. The van der Waals surface area contributed by atoms with Gasteiger partial charge in [0.1, 0.15) is 5.75 Å². The number of nitro groups is 1. The number of nitrogens with one attached hydrogen (secondary N) is 2. The molecule has 0 radical (unpaired) electrons. The van der Waals surface area contributed by atoms with Crippen molar-refractivity contribution in [1.82, 2.24) is 19.6 Å². The summed E-state index contributed by atoms with van der Waals surface area (Å²) in [6.07, 6.45) is 0.